The predicted octanol–water partition coefficient (Wildman–Crippen LogP) is 10.8. The Morgan fingerprint density at radius 3 is 1.67 bits per heavy atom. The van der Waals surface area contributed by atoms with E-state index < -0.39 is 0 Å². The lowest BCUT2D eigenvalue weighted by Gasteiger charge is -2.47. The average molecular weight is 629 g/mol. The second kappa shape index (κ2) is 10.00. The number of allylic oxidation sites excluding steroid dienone is 2. The summed E-state index contributed by atoms with van der Waals surface area (Å²) < 4.78 is 0. The number of rotatable bonds is 3. The Morgan fingerprint density at radius 2 is 0.980 bits per heavy atom. The Bertz CT molecular complexity index is 2380. The molecule has 49 heavy (non-hydrogen) atoms. The van der Waals surface area contributed by atoms with Crippen LogP contribution in [-0.2, 0) is 10.8 Å². The number of benzene rings is 6. The van der Waals surface area contributed by atoms with Crippen molar-refractivity contribution in [3.8, 4) is 11.1 Å². The maximum absolute atomic E-state index is 2.59. The minimum atomic E-state index is -0.184. The summed E-state index contributed by atoms with van der Waals surface area (Å²) in [7, 11) is 0. The van der Waals surface area contributed by atoms with E-state index in [0.29, 0.717) is 0 Å². The lowest BCUT2D eigenvalue weighted by molar-refractivity contribution is 0.625. The van der Waals surface area contributed by atoms with Crippen molar-refractivity contribution >= 4 is 46.1 Å². The fraction of sp³-hybridized carbons (Fsp3) is 0.130. The van der Waals surface area contributed by atoms with E-state index in [9.17, 15) is 0 Å². The summed E-state index contributed by atoms with van der Waals surface area (Å²) in [5.74, 6) is 0. The van der Waals surface area contributed by atoms with Crippen molar-refractivity contribution in [1.29, 1.82) is 0 Å². The molecule has 0 spiro atoms. The summed E-state index contributed by atoms with van der Waals surface area (Å²) in [6.45, 7) is 9.86. The number of anilines is 4. The third-order valence-corrected chi connectivity index (χ3v) is 11.6. The standard InChI is InChI=1S/C46H37BN2/c1-45(2)37-23-14-12-21-35(37)42-43(45)47-40-34-20-11-13-22-36(34)46(3,4)44(40)49(32-18-9-6-10-19-32)39-25-15-24-38(41(39)47)48(42)33-28-26-31(27-29-33)30-16-7-5-8-17-30/h5-29H,1-4H3. The fourth-order valence-corrected chi connectivity index (χ4v) is 9.55. The Kier molecular flexibility index (Phi) is 5.81. The first-order chi connectivity index (χ1) is 23.9. The molecule has 4 aliphatic rings. The molecule has 0 saturated carbocycles. The molecular formula is C46H37BN2. The van der Waals surface area contributed by atoms with Gasteiger partial charge >= 0.3 is 0 Å². The number of fused-ring (bicyclic) bond motifs is 6. The molecule has 0 atom stereocenters. The van der Waals surface area contributed by atoms with Gasteiger partial charge in [0.2, 0.25) is 6.71 Å². The highest BCUT2D eigenvalue weighted by molar-refractivity contribution is 6.99. The van der Waals surface area contributed by atoms with Crippen LogP contribution in [0.1, 0.15) is 49.9 Å². The van der Waals surface area contributed by atoms with Crippen LogP contribution in [0.5, 0.6) is 0 Å². The molecule has 2 heterocycles. The van der Waals surface area contributed by atoms with Crippen LogP contribution in [0.2, 0.25) is 0 Å². The maximum atomic E-state index is 2.59. The molecule has 234 valence electrons. The van der Waals surface area contributed by atoms with Gasteiger partial charge in [-0.05, 0) is 75.2 Å². The van der Waals surface area contributed by atoms with Gasteiger partial charge in [0.15, 0.2) is 0 Å². The Balaban J connectivity index is 1.31. The Labute approximate surface area is 289 Å². The van der Waals surface area contributed by atoms with Crippen molar-refractivity contribution in [2.75, 3.05) is 9.80 Å². The smallest absolute Gasteiger partial charge is 0.249 e. The number of nitrogens with zero attached hydrogens (tertiary/aromatic N) is 2. The van der Waals surface area contributed by atoms with Gasteiger partial charge in [-0.2, -0.15) is 0 Å². The van der Waals surface area contributed by atoms with Gasteiger partial charge in [0, 0.05) is 50.5 Å². The number of hydrogen-bond donors (Lipinski definition) is 0. The third-order valence-electron chi connectivity index (χ3n) is 11.6. The molecule has 0 fully saturated rings. The first kappa shape index (κ1) is 28.5. The van der Waals surface area contributed by atoms with Gasteiger partial charge in [0.25, 0.3) is 0 Å². The first-order valence-electron chi connectivity index (χ1n) is 17.5. The van der Waals surface area contributed by atoms with E-state index in [4.69, 9.17) is 0 Å². The topological polar surface area (TPSA) is 6.48 Å². The van der Waals surface area contributed by atoms with E-state index in [1.165, 1.54) is 83.9 Å². The van der Waals surface area contributed by atoms with E-state index in [1.807, 2.05) is 0 Å². The highest BCUT2D eigenvalue weighted by Crippen LogP contribution is 2.61. The molecular weight excluding hydrogens is 591 g/mol. The molecule has 3 heteroatoms. The molecule has 2 nitrogen and oxygen atoms in total. The molecule has 10 rings (SSSR count). The van der Waals surface area contributed by atoms with Gasteiger partial charge in [-0.25, -0.2) is 0 Å². The van der Waals surface area contributed by atoms with Gasteiger partial charge in [-0.3, -0.25) is 0 Å². The zero-order valence-electron chi connectivity index (χ0n) is 28.4. The Morgan fingerprint density at radius 1 is 0.449 bits per heavy atom. The van der Waals surface area contributed by atoms with E-state index in [0.717, 1.165) is 0 Å². The normalized spacial score (nSPS) is 17.4. The van der Waals surface area contributed by atoms with Crippen molar-refractivity contribution in [3.05, 3.63) is 185 Å². The van der Waals surface area contributed by atoms with Gasteiger partial charge < -0.3 is 9.80 Å². The van der Waals surface area contributed by atoms with Crippen molar-refractivity contribution in [2.45, 2.75) is 38.5 Å². The molecule has 2 aliphatic carbocycles. The summed E-state index contributed by atoms with van der Waals surface area (Å²) in [5.41, 5.74) is 19.6. The summed E-state index contributed by atoms with van der Waals surface area (Å²) in [5, 5.41) is 0. The van der Waals surface area contributed by atoms with E-state index in [1.54, 1.807) is 0 Å². The van der Waals surface area contributed by atoms with Crippen LogP contribution in [0.4, 0.5) is 22.7 Å². The van der Waals surface area contributed by atoms with E-state index in [-0.39, 0.29) is 17.5 Å². The van der Waals surface area contributed by atoms with Crippen LogP contribution < -0.4 is 15.3 Å². The average Bonchev–Trinajstić information content (AvgIpc) is 3.53. The van der Waals surface area contributed by atoms with E-state index in [2.05, 4.69) is 189 Å². The minimum absolute atomic E-state index is 0.112. The monoisotopic (exact) mass is 628 g/mol. The molecule has 0 unspecified atom stereocenters. The van der Waals surface area contributed by atoms with E-state index >= 15 is 0 Å². The predicted molar refractivity (Wildman–Crippen MR) is 207 cm³/mol. The summed E-state index contributed by atoms with van der Waals surface area (Å²) in [6, 6.07) is 56.2. The van der Waals surface area contributed by atoms with Crippen molar-refractivity contribution in [1.82, 2.24) is 0 Å². The lowest BCUT2D eigenvalue weighted by Crippen LogP contribution is -2.52. The highest BCUT2D eigenvalue weighted by atomic mass is 15.2. The van der Waals surface area contributed by atoms with Gasteiger partial charge in [0.05, 0.1) is 0 Å². The number of hydrogen-bond acceptors (Lipinski definition) is 2. The van der Waals surface area contributed by atoms with Gasteiger partial charge in [-0.1, -0.05) is 148 Å². The summed E-state index contributed by atoms with van der Waals surface area (Å²) >= 11 is 0. The van der Waals surface area contributed by atoms with Crippen LogP contribution in [0, 0.1) is 0 Å². The van der Waals surface area contributed by atoms with Crippen molar-refractivity contribution < 1.29 is 0 Å². The van der Waals surface area contributed by atoms with Gasteiger partial charge in [0.1, 0.15) is 0 Å². The molecule has 6 aromatic rings. The quantitative estimate of drug-likeness (QED) is 0.180. The lowest BCUT2D eigenvalue weighted by atomic mass is 9.29. The molecule has 0 aromatic heterocycles. The van der Waals surface area contributed by atoms with Crippen LogP contribution in [-0.4, -0.2) is 6.71 Å². The second-order valence-electron chi connectivity index (χ2n) is 14.9. The first-order valence-corrected chi connectivity index (χ1v) is 17.5. The molecule has 0 N–H and O–H groups in total. The van der Waals surface area contributed by atoms with Crippen LogP contribution >= 0.6 is 0 Å². The number of para-hydroxylation sites is 1. The Hall–Kier alpha value is -5.54. The molecule has 0 bridgehead atoms. The maximum Gasteiger partial charge on any atom is 0.249 e. The second-order valence-corrected chi connectivity index (χ2v) is 14.9. The fourth-order valence-electron chi connectivity index (χ4n) is 9.55. The molecule has 6 aromatic carbocycles. The molecule has 0 radical (unpaired) electrons. The summed E-state index contributed by atoms with van der Waals surface area (Å²) in [4.78, 5) is 5.16. The van der Waals surface area contributed by atoms with Crippen molar-refractivity contribution in [2.24, 2.45) is 0 Å². The highest BCUT2D eigenvalue weighted by Gasteiger charge is 2.57. The van der Waals surface area contributed by atoms with Crippen LogP contribution in [0.3, 0.4) is 0 Å². The SMILES string of the molecule is CC1(C)C2=C(c3ccccc31)N(c1ccc(-c3ccccc3)cc1)c1cccc3c1B2C1=C(N3c2ccccc2)C(C)(C)c2ccccc21. The van der Waals surface area contributed by atoms with Crippen LogP contribution in [0.25, 0.3) is 22.3 Å². The largest absolute Gasteiger partial charge is 0.314 e. The molecule has 0 saturated heterocycles. The zero-order chi connectivity index (χ0) is 33.1. The van der Waals surface area contributed by atoms with Crippen molar-refractivity contribution in [3.63, 3.8) is 0 Å². The zero-order valence-corrected chi connectivity index (χ0v) is 28.4. The van der Waals surface area contributed by atoms with Gasteiger partial charge in [-0.15, -0.1) is 0 Å². The molecule has 0 amide bonds. The summed E-state index contributed by atoms with van der Waals surface area (Å²) in [6.07, 6.45) is 0. The third kappa shape index (κ3) is 3.73. The van der Waals surface area contributed by atoms with Crippen LogP contribution in [0.15, 0.2) is 163 Å². The minimum Gasteiger partial charge on any atom is -0.314 e. The molecule has 2 aliphatic heterocycles.